The van der Waals surface area contributed by atoms with Crippen molar-refractivity contribution in [2.75, 3.05) is 13.1 Å². The van der Waals surface area contributed by atoms with Crippen molar-refractivity contribution in [1.29, 1.82) is 0 Å². The standard InChI is InChI=1S/C19H30N2O3S/c1-4-7-16(3)20-19(22)17-10-12-21(13-11-17)25(23,24)14-18-9-6-5-8-15(18)2/h5-6,8-9,16-17H,4,7,10-14H2,1-3H3,(H,20,22)/t16-/m0/s1. The van der Waals surface area contributed by atoms with E-state index in [1.165, 1.54) is 0 Å². The SMILES string of the molecule is CCC[C@H](C)NC(=O)C1CCN(S(=O)(=O)Cc2ccccc2C)CC1. The fraction of sp³-hybridized carbons (Fsp3) is 0.632. The van der Waals surface area contributed by atoms with E-state index < -0.39 is 10.0 Å². The number of carbonyl (C=O) groups is 1. The monoisotopic (exact) mass is 366 g/mol. The average molecular weight is 367 g/mol. The summed E-state index contributed by atoms with van der Waals surface area (Å²) in [5.41, 5.74) is 1.83. The molecule has 1 aromatic carbocycles. The van der Waals surface area contributed by atoms with E-state index in [0.717, 1.165) is 24.0 Å². The first-order valence-electron chi connectivity index (χ1n) is 9.16. The van der Waals surface area contributed by atoms with Crippen LogP contribution in [0.25, 0.3) is 0 Å². The summed E-state index contributed by atoms with van der Waals surface area (Å²) < 4.78 is 26.9. The molecule has 0 unspecified atom stereocenters. The highest BCUT2D eigenvalue weighted by Crippen LogP contribution is 2.23. The molecule has 2 rings (SSSR count). The molecule has 5 nitrogen and oxygen atoms in total. The van der Waals surface area contributed by atoms with Gasteiger partial charge in [-0.2, -0.15) is 0 Å². The van der Waals surface area contributed by atoms with Crippen molar-refractivity contribution in [2.45, 2.75) is 58.2 Å². The molecule has 0 spiro atoms. The molecule has 1 heterocycles. The summed E-state index contributed by atoms with van der Waals surface area (Å²) in [4.78, 5) is 12.3. The second kappa shape index (κ2) is 8.81. The predicted molar refractivity (Wildman–Crippen MR) is 101 cm³/mol. The smallest absolute Gasteiger partial charge is 0.223 e. The molecule has 1 atom stereocenters. The zero-order chi connectivity index (χ0) is 18.4. The molecule has 1 N–H and O–H groups in total. The van der Waals surface area contributed by atoms with E-state index in [0.29, 0.717) is 25.9 Å². The number of sulfonamides is 1. The van der Waals surface area contributed by atoms with Crippen molar-refractivity contribution in [3.63, 3.8) is 0 Å². The lowest BCUT2D eigenvalue weighted by atomic mass is 9.96. The van der Waals surface area contributed by atoms with E-state index >= 15 is 0 Å². The number of hydrogen-bond donors (Lipinski definition) is 1. The third-order valence-corrected chi connectivity index (χ3v) is 6.76. The minimum absolute atomic E-state index is 0.0318. The summed E-state index contributed by atoms with van der Waals surface area (Å²) in [6.07, 6.45) is 3.20. The van der Waals surface area contributed by atoms with Crippen LogP contribution < -0.4 is 5.32 Å². The van der Waals surface area contributed by atoms with E-state index in [9.17, 15) is 13.2 Å². The number of aryl methyl sites for hydroxylation is 1. The second-order valence-corrected chi connectivity index (χ2v) is 9.02. The van der Waals surface area contributed by atoms with Gasteiger partial charge in [-0.15, -0.1) is 0 Å². The summed E-state index contributed by atoms with van der Waals surface area (Å²) in [6, 6.07) is 7.75. The molecule has 1 amide bonds. The summed E-state index contributed by atoms with van der Waals surface area (Å²) >= 11 is 0. The zero-order valence-corrected chi connectivity index (χ0v) is 16.3. The number of rotatable bonds is 7. The third-order valence-electron chi connectivity index (χ3n) is 4.93. The van der Waals surface area contributed by atoms with Crippen molar-refractivity contribution in [2.24, 2.45) is 5.92 Å². The normalized spacial score (nSPS) is 18.0. The number of carbonyl (C=O) groups excluding carboxylic acids is 1. The quantitative estimate of drug-likeness (QED) is 0.807. The summed E-state index contributed by atoms with van der Waals surface area (Å²) in [6.45, 7) is 6.89. The minimum Gasteiger partial charge on any atom is -0.353 e. The highest BCUT2D eigenvalue weighted by atomic mass is 32.2. The van der Waals surface area contributed by atoms with Gasteiger partial charge in [0.25, 0.3) is 0 Å². The number of nitrogens with one attached hydrogen (secondary N) is 1. The van der Waals surface area contributed by atoms with Gasteiger partial charge in [0.05, 0.1) is 5.75 Å². The van der Waals surface area contributed by atoms with E-state index in [4.69, 9.17) is 0 Å². The maximum absolute atomic E-state index is 12.7. The van der Waals surface area contributed by atoms with Crippen LogP contribution in [0.2, 0.25) is 0 Å². The Morgan fingerprint density at radius 3 is 2.52 bits per heavy atom. The van der Waals surface area contributed by atoms with Crippen LogP contribution in [0.4, 0.5) is 0 Å². The van der Waals surface area contributed by atoms with Gasteiger partial charge in [0.2, 0.25) is 15.9 Å². The van der Waals surface area contributed by atoms with Crippen molar-refractivity contribution in [3.05, 3.63) is 35.4 Å². The van der Waals surface area contributed by atoms with Crippen LogP contribution in [0.5, 0.6) is 0 Å². The summed E-state index contributed by atoms with van der Waals surface area (Å²) in [5, 5.41) is 3.04. The Bertz CT molecular complexity index is 680. The molecule has 0 bridgehead atoms. The van der Waals surface area contributed by atoms with Gasteiger partial charge in [-0.3, -0.25) is 4.79 Å². The molecular weight excluding hydrogens is 336 g/mol. The van der Waals surface area contributed by atoms with Crippen LogP contribution in [0.15, 0.2) is 24.3 Å². The van der Waals surface area contributed by atoms with Gasteiger partial charge in [-0.05, 0) is 44.2 Å². The number of piperidine rings is 1. The molecule has 0 radical (unpaired) electrons. The van der Waals surface area contributed by atoms with Gasteiger partial charge in [-0.25, -0.2) is 12.7 Å². The fourth-order valence-corrected chi connectivity index (χ4v) is 4.99. The Balaban J connectivity index is 1.90. The van der Waals surface area contributed by atoms with Crippen molar-refractivity contribution >= 4 is 15.9 Å². The number of nitrogens with zero attached hydrogens (tertiary/aromatic N) is 1. The largest absolute Gasteiger partial charge is 0.353 e. The van der Waals surface area contributed by atoms with E-state index in [-0.39, 0.29) is 23.6 Å². The Labute approximate surface area is 151 Å². The number of amides is 1. The first-order chi connectivity index (χ1) is 11.8. The van der Waals surface area contributed by atoms with Gasteiger partial charge >= 0.3 is 0 Å². The molecule has 6 heteroatoms. The first kappa shape index (κ1) is 19.9. The zero-order valence-electron chi connectivity index (χ0n) is 15.5. The fourth-order valence-electron chi connectivity index (χ4n) is 3.32. The van der Waals surface area contributed by atoms with Gasteiger partial charge in [0, 0.05) is 25.0 Å². The maximum atomic E-state index is 12.7. The summed E-state index contributed by atoms with van der Waals surface area (Å²) in [5.74, 6) is 0.0190. The average Bonchev–Trinajstić information content (AvgIpc) is 2.57. The molecule has 1 saturated heterocycles. The minimum atomic E-state index is -3.34. The van der Waals surface area contributed by atoms with Crippen LogP contribution in [0.1, 0.15) is 50.7 Å². The van der Waals surface area contributed by atoms with Gasteiger partial charge in [0.15, 0.2) is 0 Å². The molecular formula is C19H30N2O3S. The van der Waals surface area contributed by atoms with Gasteiger partial charge in [0.1, 0.15) is 0 Å². The molecule has 1 fully saturated rings. The second-order valence-electron chi connectivity index (χ2n) is 7.05. The van der Waals surface area contributed by atoms with Crippen molar-refractivity contribution in [3.8, 4) is 0 Å². The predicted octanol–water partition coefficient (Wildman–Crippen LogP) is 2.84. The summed E-state index contributed by atoms with van der Waals surface area (Å²) in [7, 11) is -3.34. The van der Waals surface area contributed by atoms with E-state index in [1.807, 2.05) is 38.1 Å². The molecule has 1 aliphatic heterocycles. The van der Waals surface area contributed by atoms with Crippen LogP contribution in [0.3, 0.4) is 0 Å². The number of hydrogen-bond acceptors (Lipinski definition) is 3. The highest BCUT2D eigenvalue weighted by Gasteiger charge is 2.31. The molecule has 1 aromatic rings. The lowest BCUT2D eigenvalue weighted by Gasteiger charge is -2.31. The van der Waals surface area contributed by atoms with Crippen LogP contribution in [-0.4, -0.2) is 37.8 Å². The van der Waals surface area contributed by atoms with Gasteiger partial charge in [-0.1, -0.05) is 37.6 Å². The molecule has 0 saturated carbocycles. The molecule has 1 aliphatic rings. The van der Waals surface area contributed by atoms with E-state index in [1.54, 1.807) is 4.31 Å². The Morgan fingerprint density at radius 2 is 1.92 bits per heavy atom. The first-order valence-corrected chi connectivity index (χ1v) is 10.8. The Kier molecular flexibility index (Phi) is 7.02. The molecule has 25 heavy (non-hydrogen) atoms. The maximum Gasteiger partial charge on any atom is 0.223 e. The van der Waals surface area contributed by atoms with Crippen molar-refractivity contribution in [1.82, 2.24) is 9.62 Å². The van der Waals surface area contributed by atoms with Crippen LogP contribution in [0, 0.1) is 12.8 Å². The Hall–Kier alpha value is -1.40. The van der Waals surface area contributed by atoms with E-state index in [2.05, 4.69) is 12.2 Å². The molecule has 0 aliphatic carbocycles. The lowest BCUT2D eigenvalue weighted by Crippen LogP contribution is -2.45. The molecule has 140 valence electrons. The van der Waals surface area contributed by atoms with Crippen molar-refractivity contribution < 1.29 is 13.2 Å². The third kappa shape index (κ3) is 5.54. The topological polar surface area (TPSA) is 66.5 Å². The highest BCUT2D eigenvalue weighted by molar-refractivity contribution is 7.88. The van der Waals surface area contributed by atoms with Crippen LogP contribution >= 0.6 is 0 Å². The van der Waals surface area contributed by atoms with Crippen LogP contribution in [-0.2, 0) is 20.6 Å². The number of benzene rings is 1. The Morgan fingerprint density at radius 1 is 1.28 bits per heavy atom. The molecule has 0 aromatic heterocycles. The van der Waals surface area contributed by atoms with Gasteiger partial charge < -0.3 is 5.32 Å². The lowest BCUT2D eigenvalue weighted by molar-refractivity contribution is -0.126.